The van der Waals surface area contributed by atoms with E-state index in [0.717, 1.165) is 0 Å². The van der Waals surface area contributed by atoms with Gasteiger partial charge in [-0.05, 0) is 24.3 Å². The first-order valence-electron chi connectivity index (χ1n) is 6.58. The van der Waals surface area contributed by atoms with Crippen molar-refractivity contribution in [2.45, 2.75) is 0 Å². The fourth-order valence-corrected chi connectivity index (χ4v) is 2.29. The van der Waals surface area contributed by atoms with Crippen molar-refractivity contribution in [1.29, 1.82) is 0 Å². The summed E-state index contributed by atoms with van der Waals surface area (Å²) >= 11 is 5.98. The van der Waals surface area contributed by atoms with Crippen LogP contribution >= 0.6 is 11.6 Å². The monoisotopic (exact) mass is 313 g/mol. The molecule has 2 aromatic carbocycles. The van der Waals surface area contributed by atoms with E-state index in [1.807, 2.05) is 18.2 Å². The number of hydrogen-bond donors (Lipinski definition) is 2. The maximum Gasteiger partial charge on any atom is 0.273 e. The summed E-state index contributed by atoms with van der Waals surface area (Å²) in [5.74, 6) is -0.0779. The number of para-hydroxylation sites is 1. The fraction of sp³-hybridized carbons (Fsp3) is 0. The molecule has 110 valence electrons. The predicted octanol–water partition coefficient (Wildman–Crippen LogP) is 3.07. The molecule has 1 amide bonds. The number of carbonyl (C=O) groups excluding carboxylic acids is 1. The summed E-state index contributed by atoms with van der Waals surface area (Å²) in [6.07, 6.45) is 0. The van der Waals surface area contributed by atoms with Crippen LogP contribution in [-0.2, 0) is 0 Å². The molecule has 0 aliphatic heterocycles. The van der Waals surface area contributed by atoms with Crippen LogP contribution in [0.25, 0.3) is 5.69 Å². The highest BCUT2D eigenvalue weighted by molar-refractivity contribution is 6.34. The van der Waals surface area contributed by atoms with E-state index in [9.17, 15) is 9.59 Å². The average Bonchev–Trinajstić information content (AvgIpc) is 2.89. The lowest BCUT2D eigenvalue weighted by molar-refractivity contribution is 0.102. The van der Waals surface area contributed by atoms with Crippen LogP contribution in [0.5, 0.6) is 0 Å². The normalized spacial score (nSPS) is 10.4. The van der Waals surface area contributed by atoms with Crippen LogP contribution < -0.4 is 10.9 Å². The summed E-state index contributed by atoms with van der Waals surface area (Å²) in [4.78, 5) is 24.1. The number of rotatable bonds is 3. The van der Waals surface area contributed by atoms with Crippen LogP contribution in [0.4, 0.5) is 5.82 Å². The molecule has 0 aliphatic carbocycles. The maximum absolute atomic E-state index is 12.2. The molecule has 0 unspecified atom stereocenters. The SMILES string of the molecule is O=C(Nc1cc(=O)n(-c2ccccc2)[nH]1)c1ccccc1Cl. The predicted molar refractivity (Wildman–Crippen MR) is 85.8 cm³/mol. The third-order valence-corrected chi connectivity index (χ3v) is 3.43. The number of aromatic nitrogens is 2. The smallest absolute Gasteiger partial charge is 0.273 e. The molecule has 0 fully saturated rings. The highest BCUT2D eigenvalue weighted by atomic mass is 35.5. The summed E-state index contributed by atoms with van der Waals surface area (Å²) in [6.45, 7) is 0. The van der Waals surface area contributed by atoms with Crippen molar-refractivity contribution in [3.05, 3.63) is 81.6 Å². The van der Waals surface area contributed by atoms with Crippen molar-refractivity contribution >= 4 is 23.3 Å². The van der Waals surface area contributed by atoms with Crippen LogP contribution in [0.3, 0.4) is 0 Å². The van der Waals surface area contributed by atoms with Crippen molar-refractivity contribution in [3.8, 4) is 5.69 Å². The number of aromatic amines is 1. The Bertz CT molecular complexity index is 868. The van der Waals surface area contributed by atoms with Gasteiger partial charge in [0.2, 0.25) is 0 Å². The summed E-state index contributed by atoms with van der Waals surface area (Å²) in [5.41, 5.74) is 0.767. The molecule has 0 saturated carbocycles. The lowest BCUT2D eigenvalue weighted by atomic mass is 10.2. The van der Waals surface area contributed by atoms with Gasteiger partial charge < -0.3 is 5.32 Å². The number of carbonyl (C=O) groups is 1. The second-order valence-electron chi connectivity index (χ2n) is 4.61. The maximum atomic E-state index is 12.2. The second-order valence-corrected chi connectivity index (χ2v) is 5.02. The number of benzene rings is 2. The Kier molecular flexibility index (Phi) is 3.80. The number of nitrogens with zero attached hydrogens (tertiary/aromatic N) is 1. The quantitative estimate of drug-likeness (QED) is 0.780. The molecule has 22 heavy (non-hydrogen) atoms. The van der Waals surface area contributed by atoms with Crippen molar-refractivity contribution in [3.63, 3.8) is 0 Å². The molecule has 3 rings (SSSR count). The van der Waals surface area contributed by atoms with Crippen LogP contribution in [0.1, 0.15) is 10.4 Å². The minimum absolute atomic E-state index is 0.263. The van der Waals surface area contributed by atoms with Gasteiger partial charge >= 0.3 is 0 Å². The van der Waals surface area contributed by atoms with E-state index in [-0.39, 0.29) is 11.5 Å². The Labute approximate surface area is 131 Å². The van der Waals surface area contributed by atoms with Gasteiger partial charge in [-0.15, -0.1) is 0 Å². The van der Waals surface area contributed by atoms with Gasteiger partial charge in [-0.25, -0.2) is 4.68 Å². The zero-order chi connectivity index (χ0) is 15.5. The van der Waals surface area contributed by atoms with E-state index in [0.29, 0.717) is 22.1 Å². The van der Waals surface area contributed by atoms with Gasteiger partial charge in [0.25, 0.3) is 11.5 Å². The number of hydrogen-bond acceptors (Lipinski definition) is 2. The van der Waals surface area contributed by atoms with Gasteiger partial charge in [0.05, 0.1) is 16.3 Å². The molecule has 1 heterocycles. The minimum Gasteiger partial charge on any atom is -0.307 e. The highest BCUT2D eigenvalue weighted by Gasteiger charge is 2.12. The number of H-pyrrole nitrogens is 1. The zero-order valence-electron chi connectivity index (χ0n) is 11.4. The fourth-order valence-electron chi connectivity index (χ4n) is 2.06. The first-order valence-corrected chi connectivity index (χ1v) is 6.96. The van der Waals surface area contributed by atoms with Gasteiger partial charge in [0.1, 0.15) is 5.82 Å². The Morgan fingerprint density at radius 1 is 1.05 bits per heavy atom. The molecule has 5 nitrogen and oxygen atoms in total. The largest absolute Gasteiger partial charge is 0.307 e. The molecule has 0 radical (unpaired) electrons. The van der Waals surface area contributed by atoms with E-state index in [1.54, 1.807) is 36.4 Å². The Morgan fingerprint density at radius 2 is 1.73 bits per heavy atom. The minimum atomic E-state index is -0.382. The number of amides is 1. The molecule has 0 spiro atoms. The topological polar surface area (TPSA) is 66.9 Å². The molecule has 0 saturated heterocycles. The number of halogens is 1. The van der Waals surface area contributed by atoms with Crippen LogP contribution in [-0.4, -0.2) is 15.7 Å². The first kappa shape index (κ1) is 14.2. The Hall–Kier alpha value is -2.79. The van der Waals surface area contributed by atoms with Crippen molar-refractivity contribution in [1.82, 2.24) is 9.78 Å². The van der Waals surface area contributed by atoms with E-state index in [4.69, 9.17) is 11.6 Å². The van der Waals surface area contributed by atoms with Gasteiger partial charge in [-0.2, -0.15) is 0 Å². The van der Waals surface area contributed by atoms with Gasteiger partial charge in [0, 0.05) is 6.07 Å². The summed E-state index contributed by atoms with van der Waals surface area (Å²) in [5, 5.41) is 5.83. The lowest BCUT2D eigenvalue weighted by Crippen LogP contribution is -2.14. The standard InChI is InChI=1S/C16H12ClN3O2/c17-13-9-5-4-8-12(13)16(22)18-14-10-15(21)20(19-14)11-6-2-1-3-7-11/h1-10,19H,(H,18,22). The molecule has 0 aliphatic rings. The second kappa shape index (κ2) is 5.91. The molecule has 2 N–H and O–H groups in total. The molecule has 0 bridgehead atoms. The van der Waals surface area contributed by atoms with E-state index < -0.39 is 0 Å². The first-order chi connectivity index (χ1) is 10.6. The molecular formula is C16H12ClN3O2. The van der Waals surface area contributed by atoms with Gasteiger partial charge in [0.15, 0.2) is 0 Å². The summed E-state index contributed by atoms with van der Waals surface area (Å²) in [7, 11) is 0. The van der Waals surface area contributed by atoms with Gasteiger partial charge in [-0.3, -0.25) is 14.7 Å². The van der Waals surface area contributed by atoms with Crippen molar-refractivity contribution in [2.75, 3.05) is 5.32 Å². The molecule has 6 heteroatoms. The van der Waals surface area contributed by atoms with Crippen molar-refractivity contribution in [2.24, 2.45) is 0 Å². The average molecular weight is 314 g/mol. The van der Waals surface area contributed by atoms with E-state index in [2.05, 4.69) is 10.4 Å². The summed E-state index contributed by atoms with van der Waals surface area (Å²) < 4.78 is 1.35. The van der Waals surface area contributed by atoms with Crippen LogP contribution in [0.2, 0.25) is 5.02 Å². The van der Waals surface area contributed by atoms with Gasteiger partial charge in [-0.1, -0.05) is 41.9 Å². The van der Waals surface area contributed by atoms with Crippen molar-refractivity contribution < 1.29 is 4.79 Å². The molecule has 1 aromatic heterocycles. The van der Waals surface area contributed by atoms with E-state index >= 15 is 0 Å². The lowest BCUT2D eigenvalue weighted by Gasteiger charge is -2.05. The Balaban J connectivity index is 1.87. The molecular weight excluding hydrogens is 302 g/mol. The van der Waals surface area contributed by atoms with Crippen LogP contribution in [0.15, 0.2) is 65.5 Å². The molecule has 0 atom stereocenters. The molecule has 3 aromatic rings. The summed E-state index contributed by atoms with van der Waals surface area (Å²) in [6, 6.07) is 17.1. The Morgan fingerprint density at radius 3 is 2.45 bits per heavy atom. The number of anilines is 1. The highest BCUT2D eigenvalue weighted by Crippen LogP contribution is 2.16. The number of nitrogens with one attached hydrogen (secondary N) is 2. The zero-order valence-corrected chi connectivity index (χ0v) is 12.2. The van der Waals surface area contributed by atoms with E-state index in [1.165, 1.54) is 10.7 Å². The third kappa shape index (κ3) is 2.80. The van der Waals surface area contributed by atoms with Crippen LogP contribution in [0, 0.1) is 0 Å². The third-order valence-electron chi connectivity index (χ3n) is 3.10.